The maximum atomic E-state index is 5.33. The molecule has 170 valence electrons. The van der Waals surface area contributed by atoms with Crippen LogP contribution in [-0.2, 0) is 4.74 Å². The summed E-state index contributed by atoms with van der Waals surface area (Å²) in [6, 6.07) is 8.81. The zero-order valence-electron chi connectivity index (χ0n) is 19.3. The van der Waals surface area contributed by atoms with Crippen LogP contribution in [0.15, 0.2) is 29.3 Å². The van der Waals surface area contributed by atoms with Crippen molar-refractivity contribution in [3.8, 4) is 5.75 Å². The zero-order chi connectivity index (χ0) is 21.6. The Hall–Kier alpha value is -1.83. The van der Waals surface area contributed by atoms with E-state index in [0.717, 1.165) is 64.0 Å². The van der Waals surface area contributed by atoms with E-state index in [1.165, 1.54) is 24.8 Å². The Bertz CT molecular complexity index is 602. The van der Waals surface area contributed by atoms with Crippen molar-refractivity contribution in [3.63, 3.8) is 0 Å². The van der Waals surface area contributed by atoms with E-state index in [1.54, 1.807) is 14.2 Å². The fourth-order valence-corrected chi connectivity index (χ4v) is 3.84. The molecule has 7 heteroatoms. The van der Waals surface area contributed by atoms with Crippen molar-refractivity contribution in [2.45, 2.75) is 31.7 Å². The third-order valence-corrected chi connectivity index (χ3v) is 5.70. The molecule has 0 saturated carbocycles. The lowest BCUT2D eigenvalue weighted by Gasteiger charge is -2.35. The van der Waals surface area contributed by atoms with E-state index in [2.05, 4.69) is 56.7 Å². The molecule has 1 aliphatic heterocycles. The predicted molar refractivity (Wildman–Crippen MR) is 125 cm³/mol. The van der Waals surface area contributed by atoms with Crippen molar-refractivity contribution in [3.05, 3.63) is 29.8 Å². The van der Waals surface area contributed by atoms with Gasteiger partial charge in [0.05, 0.1) is 19.8 Å². The average molecular weight is 420 g/mol. The molecule has 0 bridgehead atoms. The summed E-state index contributed by atoms with van der Waals surface area (Å²) in [5.74, 6) is 1.77. The lowest BCUT2D eigenvalue weighted by atomic mass is 10.0. The Morgan fingerprint density at radius 2 is 1.83 bits per heavy atom. The summed E-state index contributed by atoms with van der Waals surface area (Å²) in [4.78, 5) is 9.30. The molecule has 0 radical (unpaired) electrons. The molecule has 0 spiro atoms. The molecule has 1 atom stereocenters. The number of methoxy groups -OCH3 is 2. The highest BCUT2D eigenvalue weighted by Gasteiger charge is 2.22. The molecule has 0 aromatic heterocycles. The second kappa shape index (κ2) is 14.2. The Morgan fingerprint density at radius 3 is 2.47 bits per heavy atom. The van der Waals surface area contributed by atoms with Crippen LogP contribution in [0.1, 0.15) is 37.3 Å². The summed E-state index contributed by atoms with van der Waals surface area (Å²) < 4.78 is 10.5. The fraction of sp³-hybridized carbons (Fsp3) is 0.696. The second-order valence-corrected chi connectivity index (χ2v) is 7.92. The molecule has 0 aliphatic carbocycles. The number of nitrogens with zero attached hydrogens (tertiary/aromatic N) is 3. The number of guanidine groups is 1. The van der Waals surface area contributed by atoms with Crippen LogP contribution < -0.4 is 15.4 Å². The first-order valence-electron chi connectivity index (χ1n) is 11.2. The van der Waals surface area contributed by atoms with Crippen molar-refractivity contribution in [1.82, 2.24) is 20.4 Å². The van der Waals surface area contributed by atoms with Gasteiger partial charge >= 0.3 is 0 Å². The lowest BCUT2D eigenvalue weighted by Crippen LogP contribution is -2.45. The highest BCUT2D eigenvalue weighted by Crippen LogP contribution is 2.25. The minimum Gasteiger partial charge on any atom is -0.497 e. The summed E-state index contributed by atoms with van der Waals surface area (Å²) in [6.07, 6.45) is 4.95. The molecule has 1 saturated heterocycles. The molecular weight excluding hydrogens is 378 g/mol. The molecule has 0 amide bonds. The van der Waals surface area contributed by atoms with Crippen LogP contribution in [0, 0.1) is 0 Å². The van der Waals surface area contributed by atoms with E-state index in [4.69, 9.17) is 9.47 Å². The van der Waals surface area contributed by atoms with Gasteiger partial charge in [-0.15, -0.1) is 0 Å². The highest BCUT2D eigenvalue weighted by molar-refractivity contribution is 5.79. The van der Waals surface area contributed by atoms with E-state index >= 15 is 0 Å². The molecule has 1 unspecified atom stereocenters. The van der Waals surface area contributed by atoms with Crippen molar-refractivity contribution in [2.75, 3.05) is 74.2 Å². The van der Waals surface area contributed by atoms with Crippen LogP contribution in [0.3, 0.4) is 0 Å². The topological polar surface area (TPSA) is 61.4 Å². The number of aliphatic imine (C=N–C) groups is 1. The minimum absolute atomic E-state index is 0.329. The first-order chi connectivity index (χ1) is 14.7. The molecule has 1 aromatic carbocycles. The standard InChI is InChI=1S/C23H41N5O2/c1-24-23(25-13-8-14-27(2)17-18-29-3)26-19-22(28-15-6-5-7-16-28)20-9-11-21(30-4)12-10-20/h9-12,22H,5-8,13-19H2,1-4H3,(H2,24,25,26). The summed E-state index contributed by atoms with van der Waals surface area (Å²) >= 11 is 0. The van der Waals surface area contributed by atoms with Gasteiger partial charge in [0, 0.05) is 33.8 Å². The number of hydrogen-bond acceptors (Lipinski definition) is 5. The zero-order valence-corrected chi connectivity index (χ0v) is 19.3. The Labute approximate surface area is 182 Å². The Kier molecular flexibility index (Phi) is 11.6. The highest BCUT2D eigenvalue weighted by atomic mass is 16.5. The summed E-state index contributed by atoms with van der Waals surface area (Å²) in [5.41, 5.74) is 1.32. The third kappa shape index (κ3) is 8.50. The monoisotopic (exact) mass is 419 g/mol. The van der Waals surface area contributed by atoms with E-state index in [-0.39, 0.29) is 0 Å². The summed E-state index contributed by atoms with van der Waals surface area (Å²) in [6.45, 7) is 6.80. The smallest absolute Gasteiger partial charge is 0.191 e. The number of ether oxygens (including phenoxy) is 2. The van der Waals surface area contributed by atoms with Gasteiger partial charge < -0.3 is 25.0 Å². The van der Waals surface area contributed by atoms with Crippen molar-refractivity contribution >= 4 is 5.96 Å². The predicted octanol–water partition coefficient (Wildman–Crippen LogP) is 2.36. The number of likely N-dealkylation sites (tertiary alicyclic amines) is 1. The van der Waals surface area contributed by atoms with Crippen LogP contribution in [0.25, 0.3) is 0 Å². The fourth-order valence-electron chi connectivity index (χ4n) is 3.84. The molecular formula is C23H41N5O2. The van der Waals surface area contributed by atoms with Crippen molar-refractivity contribution in [1.29, 1.82) is 0 Å². The van der Waals surface area contributed by atoms with Gasteiger partial charge in [0.25, 0.3) is 0 Å². The quantitative estimate of drug-likeness (QED) is 0.308. The second-order valence-electron chi connectivity index (χ2n) is 7.92. The van der Waals surface area contributed by atoms with E-state index < -0.39 is 0 Å². The number of rotatable bonds is 12. The van der Waals surface area contributed by atoms with Gasteiger partial charge in [-0.05, 0) is 63.6 Å². The Morgan fingerprint density at radius 1 is 1.10 bits per heavy atom. The number of hydrogen-bond donors (Lipinski definition) is 2. The van der Waals surface area contributed by atoms with Crippen LogP contribution in [0.5, 0.6) is 5.75 Å². The molecule has 1 aliphatic rings. The number of benzene rings is 1. The van der Waals surface area contributed by atoms with Gasteiger partial charge in [-0.25, -0.2) is 0 Å². The van der Waals surface area contributed by atoms with Gasteiger partial charge in [-0.2, -0.15) is 0 Å². The van der Waals surface area contributed by atoms with E-state index in [9.17, 15) is 0 Å². The number of piperidine rings is 1. The molecule has 7 nitrogen and oxygen atoms in total. The number of likely N-dealkylation sites (N-methyl/N-ethyl adjacent to an activating group) is 1. The number of nitrogens with one attached hydrogen (secondary N) is 2. The van der Waals surface area contributed by atoms with Gasteiger partial charge in [-0.1, -0.05) is 18.6 Å². The Balaban J connectivity index is 1.86. The van der Waals surface area contributed by atoms with Crippen LogP contribution in [0.2, 0.25) is 0 Å². The maximum absolute atomic E-state index is 5.33. The summed E-state index contributed by atoms with van der Waals surface area (Å²) in [7, 11) is 7.42. The molecule has 30 heavy (non-hydrogen) atoms. The molecule has 1 aromatic rings. The molecule has 1 heterocycles. The lowest BCUT2D eigenvalue weighted by molar-refractivity contribution is 0.160. The molecule has 2 rings (SSSR count). The van der Waals surface area contributed by atoms with Crippen LogP contribution in [0.4, 0.5) is 0 Å². The molecule has 1 fully saturated rings. The van der Waals surface area contributed by atoms with Gasteiger partial charge in [0.2, 0.25) is 0 Å². The molecule has 2 N–H and O–H groups in total. The average Bonchev–Trinajstić information content (AvgIpc) is 2.80. The first kappa shape index (κ1) is 24.4. The minimum atomic E-state index is 0.329. The van der Waals surface area contributed by atoms with Crippen molar-refractivity contribution < 1.29 is 9.47 Å². The first-order valence-corrected chi connectivity index (χ1v) is 11.2. The van der Waals surface area contributed by atoms with Crippen molar-refractivity contribution in [2.24, 2.45) is 4.99 Å². The SMILES string of the molecule is CN=C(NCCCN(C)CCOC)NCC(c1ccc(OC)cc1)N1CCCCC1. The normalized spacial score (nSPS) is 16.5. The van der Waals surface area contributed by atoms with Gasteiger partial charge in [0.15, 0.2) is 5.96 Å². The van der Waals surface area contributed by atoms with Gasteiger partial charge in [0.1, 0.15) is 5.75 Å². The van der Waals surface area contributed by atoms with E-state index in [1.807, 2.05) is 7.05 Å². The van der Waals surface area contributed by atoms with Gasteiger partial charge in [-0.3, -0.25) is 9.89 Å². The van der Waals surface area contributed by atoms with Crippen LogP contribution in [-0.4, -0.2) is 89.9 Å². The maximum Gasteiger partial charge on any atom is 0.191 e. The van der Waals surface area contributed by atoms with Crippen LogP contribution >= 0.6 is 0 Å². The largest absolute Gasteiger partial charge is 0.497 e. The summed E-state index contributed by atoms with van der Waals surface area (Å²) in [5, 5.41) is 7.00. The third-order valence-electron chi connectivity index (χ3n) is 5.70. The van der Waals surface area contributed by atoms with E-state index in [0.29, 0.717) is 6.04 Å².